The van der Waals surface area contributed by atoms with Crippen molar-refractivity contribution in [2.45, 2.75) is 38.0 Å². The Morgan fingerprint density at radius 3 is 2.80 bits per heavy atom. The zero-order valence-corrected chi connectivity index (χ0v) is 16.8. The summed E-state index contributed by atoms with van der Waals surface area (Å²) >= 11 is 4.19. The van der Waals surface area contributed by atoms with E-state index < -0.39 is 25.0 Å². The molecule has 0 aliphatic heterocycles. The Morgan fingerprint density at radius 1 is 1.47 bits per heavy atom. The van der Waals surface area contributed by atoms with E-state index in [0.29, 0.717) is 22.3 Å². The van der Waals surface area contributed by atoms with Crippen molar-refractivity contribution in [3.05, 3.63) is 41.6 Å². The number of nitrogens with one attached hydrogen (secondary N) is 2. The molecule has 3 rings (SSSR count). The van der Waals surface area contributed by atoms with E-state index in [1.165, 1.54) is 0 Å². The molecular weight excluding hydrogens is 421 g/mol. The van der Waals surface area contributed by atoms with E-state index in [-0.39, 0.29) is 18.3 Å². The Hall–Kier alpha value is -2.51. The number of rotatable bonds is 9. The number of carbonyl (C=O) groups excluding carboxylic acids is 1. The van der Waals surface area contributed by atoms with Crippen molar-refractivity contribution in [3.63, 3.8) is 0 Å². The minimum Gasteiger partial charge on any atom is -0.403 e. The van der Waals surface area contributed by atoms with Gasteiger partial charge in [0.2, 0.25) is 0 Å². The van der Waals surface area contributed by atoms with Crippen molar-refractivity contribution >= 4 is 24.4 Å². The summed E-state index contributed by atoms with van der Waals surface area (Å²) in [6, 6.07) is 1.99. The number of hydrogen-bond donors (Lipinski definition) is 5. The monoisotopic (exact) mass is 444 g/mol. The van der Waals surface area contributed by atoms with Crippen molar-refractivity contribution < 1.29 is 18.0 Å². The van der Waals surface area contributed by atoms with E-state index in [9.17, 15) is 18.0 Å². The van der Waals surface area contributed by atoms with E-state index in [0.717, 1.165) is 24.6 Å². The van der Waals surface area contributed by atoms with Crippen LogP contribution >= 0.6 is 12.8 Å². The molecule has 2 heterocycles. The van der Waals surface area contributed by atoms with Gasteiger partial charge in [-0.05, 0) is 30.4 Å². The van der Waals surface area contributed by atoms with Gasteiger partial charge in [0.25, 0.3) is 5.91 Å². The number of imidazole rings is 1. The van der Waals surface area contributed by atoms with Gasteiger partial charge in [0.15, 0.2) is 5.65 Å². The molecule has 2 aromatic rings. The number of nitrogens with zero attached hydrogens (tertiary/aromatic N) is 4. The number of nitrogens with two attached hydrogens (primary N) is 2. The smallest absolute Gasteiger partial charge is 0.390 e. The molecule has 1 amide bonds. The molecule has 0 bridgehead atoms. The van der Waals surface area contributed by atoms with Gasteiger partial charge in [0.1, 0.15) is 5.70 Å². The van der Waals surface area contributed by atoms with Gasteiger partial charge in [-0.2, -0.15) is 18.3 Å². The van der Waals surface area contributed by atoms with Crippen LogP contribution in [0.25, 0.3) is 5.65 Å². The Bertz CT molecular complexity index is 927. The Kier molecular flexibility index (Phi) is 6.73. The van der Waals surface area contributed by atoms with Crippen LogP contribution in [0.15, 0.2) is 30.4 Å². The van der Waals surface area contributed by atoms with Crippen LogP contribution in [0.5, 0.6) is 0 Å². The molecule has 13 heteroatoms. The predicted octanol–water partition coefficient (Wildman–Crippen LogP) is 1.16. The molecule has 1 unspecified atom stereocenters. The van der Waals surface area contributed by atoms with E-state index in [1.54, 1.807) is 16.9 Å². The third kappa shape index (κ3) is 5.55. The molecule has 0 radical (unpaired) electrons. The van der Waals surface area contributed by atoms with Gasteiger partial charge in [0, 0.05) is 18.8 Å². The summed E-state index contributed by atoms with van der Waals surface area (Å²) in [6.45, 7) is -0.568. The quantitative estimate of drug-likeness (QED) is 0.170. The summed E-state index contributed by atoms with van der Waals surface area (Å²) in [5, 5.41) is 7.55. The lowest BCUT2D eigenvalue weighted by atomic mass is 10.1. The summed E-state index contributed by atoms with van der Waals surface area (Å²) in [6.07, 6.45) is 0.960. The number of hydrazine groups is 1. The number of halogens is 3. The highest BCUT2D eigenvalue weighted by atomic mass is 32.1. The van der Waals surface area contributed by atoms with E-state index in [1.807, 2.05) is 6.07 Å². The summed E-state index contributed by atoms with van der Waals surface area (Å²) < 4.78 is 41.6. The zero-order chi connectivity index (χ0) is 21.9. The van der Waals surface area contributed by atoms with Crippen molar-refractivity contribution in [1.82, 2.24) is 29.6 Å². The molecule has 0 aromatic carbocycles. The maximum Gasteiger partial charge on any atom is 0.390 e. The predicted molar refractivity (Wildman–Crippen MR) is 106 cm³/mol. The highest BCUT2D eigenvalue weighted by Crippen LogP contribution is 2.41. The van der Waals surface area contributed by atoms with Crippen LogP contribution in [-0.2, 0) is 11.3 Å². The minimum atomic E-state index is -4.39. The first-order valence-corrected chi connectivity index (χ1v) is 9.69. The molecule has 0 spiro atoms. The van der Waals surface area contributed by atoms with Crippen LogP contribution in [0.3, 0.4) is 0 Å². The average molecular weight is 444 g/mol. The Balaban J connectivity index is 1.62. The fraction of sp³-hybridized carbons (Fsp3) is 0.471. The second kappa shape index (κ2) is 9.10. The summed E-state index contributed by atoms with van der Waals surface area (Å²) in [5.41, 5.74) is 7.19. The lowest BCUT2D eigenvalue weighted by Crippen LogP contribution is -2.41. The molecule has 30 heavy (non-hydrogen) atoms. The second-order valence-electron chi connectivity index (χ2n) is 7.06. The largest absolute Gasteiger partial charge is 0.403 e. The van der Waals surface area contributed by atoms with E-state index >= 15 is 0 Å². The van der Waals surface area contributed by atoms with Gasteiger partial charge in [0.05, 0.1) is 31.1 Å². The van der Waals surface area contributed by atoms with Crippen molar-refractivity contribution in [1.29, 1.82) is 0 Å². The molecule has 1 saturated carbocycles. The Labute approximate surface area is 176 Å². The number of carbonyl (C=O) groups is 1. The third-order valence-electron chi connectivity index (χ3n) is 4.75. The number of aromatic nitrogens is 3. The molecule has 9 nitrogen and oxygen atoms in total. The van der Waals surface area contributed by atoms with Gasteiger partial charge in [-0.25, -0.2) is 15.3 Å². The minimum absolute atomic E-state index is 0.0266. The van der Waals surface area contributed by atoms with Gasteiger partial charge >= 0.3 is 6.18 Å². The van der Waals surface area contributed by atoms with Gasteiger partial charge in [-0.15, -0.1) is 0 Å². The molecule has 1 fully saturated rings. The molecule has 0 saturated heterocycles. The zero-order valence-electron chi connectivity index (χ0n) is 15.9. The summed E-state index contributed by atoms with van der Waals surface area (Å²) in [4.78, 5) is 16.7. The van der Waals surface area contributed by atoms with Gasteiger partial charge in [-0.3, -0.25) is 9.52 Å². The van der Waals surface area contributed by atoms with Crippen molar-refractivity contribution in [3.8, 4) is 0 Å². The molecular formula is C17H23F3N8OS. The molecule has 1 aliphatic rings. The molecule has 1 aliphatic carbocycles. The number of alkyl halides is 3. The van der Waals surface area contributed by atoms with Crippen LogP contribution in [0, 0.1) is 5.92 Å². The van der Waals surface area contributed by atoms with Crippen molar-refractivity contribution in [2.24, 2.45) is 17.5 Å². The van der Waals surface area contributed by atoms with Crippen LogP contribution in [0.1, 0.15) is 36.6 Å². The standard InChI is InChI=1S/C17H23F3N8OS/c18-17(19,20)3-4-27(22)13(6-21)16(29)23-8-12-9-28-14(25-12)5-11(7-24-28)15(26-30)10-1-2-10/h5-7,9-10,15,26,30H,1-4,8,21-22H2,(H,23,29)/b13-6-. The number of thiol groups is 1. The molecule has 164 valence electrons. The van der Waals surface area contributed by atoms with Gasteiger partial charge in [-0.1, -0.05) is 12.8 Å². The maximum atomic E-state index is 12.3. The molecule has 6 N–H and O–H groups in total. The first-order valence-electron chi connectivity index (χ1n) is 9.24. The van der Waals surface area contributed by atoms with E-state index in [2.05, 4.69) is 32.9 Å². The third-order valence-corrected chi connectivity index (χ3v) is 5.03. The SMILES string of the molecule is N/C=C(/C(=O)NCc1cn2ncc(C(NS)C3CC3)cc2n1)N(N)CCC(F)(F)F. The topological polar surface area (TPSA) is 127 Å². The normalized spacial score (nSPS) is 16.0. The van der Waals surface area contributed by atoms with E-state index in [4.69, 9.17) is 11.6 Å². The fourth-order valence-corrected chi connectivity index (χ4v) is 3.37. The number of fused-ring (bicyclic) bond motifs is 1. The summed E-state index contributed by atoms with van der Waals surface area (Å²) in [5.74, 6) is 5.36. The van der Waals surface area contributed by atoms with Crippen LogP contribution < -0.4 is 21.6 Å². The summed E-state index contributed by atoms with van der Waals surface area (Å²) in [7, 11) is 0. The van der Waals surface area contributed by atoms with Crippen molar-refractivity contribution in [2.75, 3.05) is 6.54 Å². The van der Waals surface area contributed by atoms with Crippen LogP contribution in [0.2, 0.25) is 0 Å². The first-order chi connectivity index (χ1) is 14.2. The first kappa shape index (κ1) is 22.2. The molecule has 2 aromatic heterocycles. The van der Waals surface area contributed by atoms with Gasteiger partial charge < -0.3 is 16.1 Å². The number of hydrogen-bond acceptors (Lipinski definition) is 8. The van der Waals surface area contributed by atoms with Crippen LogP contribution in [-0.4, -0.2) is 38.2 Å². The fourth-order valence-electron chi connectivity index (χ4n) is 3.01. The molecule has 1 atom stereocenters. The van der Waals surface area contributed by atoms with Crippen LogP contribution in [0.4, 0.5) is 13.2 Å². The highest BCUT2D eigenvalue weighted by molar-refractivity contribution is 7.78. The average Bonchev–Trinajstić information content (AvgIpc) is 3.43. The lowest BCUT2D eigenvalue weighted by Gasteiger charge is -2.21. The maximum absolute atomic E-state index is 12.3. The lowest BCUT2D eigenvalue weighted by molar-refractivity contribution is -0.138. The second-order valence-corrected chi connectivity index (χ2v) is 7.32. The number of amides is 1. The highest BCUT2D eigenvalue weighted by Gasteiger charge is 2.32. The Morgan fingerprint density at radius 2 is 2.20 bits per heavy atom.